The van der Waals surface area contributed by atoms with E-state index in [2.05, 4.69) is 15.2 Å². The van der Waals surface area contributed by atoms with Crippen LogP contribution in [0.4, 0.5) is 4.79 Å². The summed E-state index contributed by atoms with van der Waals surface area (Å²) in [7, 11) is -4.65. The molecule has 6 N–H and O–H groups in total. The van der Waals surface area contributed by atoms with E-state index in [4.69, 9.17) is 15.4 Å². The Morgan fingerprint density at radius 3 is 2.66 bits per heavy atom. The molecule has 1 aromatic carbocycles. The number of amides is 2. The summed E-state index contributed by atoms with van der Waals surface area (Å²) in [6, 6.07) is 4.77. The van der Waals surface area contributed by atoms with Crippen LogP contribution >= 0.6 is 19.6 Å². The Morgan fingerprint density at radius 2 is 1.97 bits per heavy atom. The fraction of sp³-hybridized carbons (Fsp3) is 0.526. The van der Waals surface area contributed by atoms with Gasteiger partial charge in [0.25, 0.3) is 0 Å². The number of carbonyl (C=O) groups is 3. The number of carboxylic acids is 1. The molecule has 1 aromatic rings. The first kappa shape index (κ1) is 24.4. The number of benzene rings is 1. The van der Waals surface area contributed by atoms with E-state index in [1.165, 1.54) is 24.3 Å². The fourth-order valence-electron chi connectivity index (χ4n) is 3.61. The zero-order valence-electron chi connectivity index (χ0n) is 17.1. The van der Waals surface area contributed by atoms with Gasteiger partial charge in [-0.3, -0.25) is 14.5 Å². The lowest BCUT2D eigenvalue weighted by Gasteiger charge is -2.16. The van der Waals surface area contributed by atoms with E-state index >= 15 is 0 Å². The fourth-order valence-corrected chi connectivity index (χ4v) is 5.93. The van der Waals surface area contributed by atoms with E-state index in [0.717, 1.165) is 12.2 Å². The van der Waals surface area contributed by atoms with Crippen molar-refractivity contribution in [2.24, 2.45) is 5.73 Å². The third-order valence-electron chi connectivity index (χ3n) is 5.19. The highest BCUT2D eigenvalue weighted by molar-refractivity contribution is 8.00. The second-order valence-electron chi connectivity index (χ2n) is 7.68. The summed E-state index contributed by atoms with van der Waals surface area (Å²) in [5.41, 5.74) is 6.07. The number of thioether (sulfide) groups is 1. The van der Waals surface area contributed by atoms with Crippen molar-refractivity contribution in [3.8, 4) is 5.75 Å². The van der Waals surface area contributed by atoms with Gasteiger partial charge in [0.1, 0.15) is 11.8 Å². The number of hydrogen-bond donors (Lipinski definition) is 5. The second-order valence-corrected chi connectivity index (χ2v) is 10.3. The first-order valence-corrected chi connectivity index (χ1v) is 12.7. The first-order chi connectivity index (χ1) is 15.1. The summed E-state index contributed by atoms with van der Waals surface area (Å²) >= 11 is 1.78. The maximum Gasteiger partial charge on any atom is 0.587 e. The van der Waals surface area contributed by atoms with Gasteiger partial charge in [0, 0.05) is 17.4 Å². The average molecular weight is 487 g/mol. The first-order valence-electron chi connectivity index (χ1n) is 10.1. The lowest BCUT2D eigenvalue weighted by atomic mass is 10.0. The van der Waals surface area contributed by atoms with E-state index in [0.29, 0.717) is 18.4 Å². The molecule has 0 saturated carbocycles. The van der Waals surface area contributed by atoms with Gasteiger partial charge >= 0.3 is 25.8 Å². The number of phosphoric acid groups is 1. The SMILES string of the molecule is N[C@@H](Cc1ccc(OP(=O)(O)OC(=O)CCCC[C@@H]2SC[C@@H]3NC(=O)N[C@@H]32)cc1)C(=O)O. The van der Waals surface area contributed by atoms with E-state index < -0.39 is 25.8 Å². The summed E-state index contributed by atoms with van der Waals surface area (Å²) in [4.78, 5) is 43.9. The third-order valence-corrected chi connectivity index (χ3v) is 7.58. The molecule has 0 aromatic heterocycles. The molecule has 0 bridgehead atoms. The maximum absolute atomic E-state index is 12.1. The predicted molar refractivity (Wildman–Crippen MR) is 116 cm³/mol. The molecule has 1 unspecified atom stereocenters. The normalized spacial score (nSPS) is 24.6. The van der Waals surface area contributed by atoms with E-state index in [9.17, 15) is 23.8 Å². The van der Waals surface area contributed by atoms with Gasteiger partial charge in [-0.15, -0.1) is 0 Å². The van der Waals surface area contributed by atoms with E-state index in [1.807, 2.05) is 0 Å². The van der Waals surface area contributed by atoms with Crippen LogP contribution in [-0.4, -0.2) is 57.1 Å². The molecule has 0 spiro atoms. The predicted octanol–water partition coefficient (Wildman–Crippen LogP) is 1.39. The van der Waals surface area contributed by atoms with Crippen molar-refractivity contribution in [3.05, 3.63) is 29.8 Å². The topological polar surface area (TPSA) is 177 Å². The van der Waals surface area contributed by atoms with Crippen LogP contribution in [0.5, 0.6) is 5.75 Å². The number of phosphoric ester groups is 1. The molecule has 0 aliphatic carbocycles. The van der Waals surface area contributed by atoms with E-state index in [-0.39, 0.29) is 42.0 Å². The molecule has 2 amide bonds. The van der Waals surface area contributed by atoms with Crippen LogP contribution in [0.1, 0.15) is 31.2 Å². The molecular weight excluding hydrogens is 461 g/mol. The van der Waals surface area contributed by atoms with Crippen molar-refractivity contribution >= 4 is 37.6 Å². The summed E-state index contributed by atoms with van der Waals surface area (Å²) in [6.45, 7) is 0. The minimum absolute atomic E-state index is 0.00341. The van der Waals surface area contributed by atoms with Crippen LogP contribution in [0.15, 0.2) is 24.3 Å². The monoisotopic (exact) mass is 487 g/mol. The molecule has 0 radical (unpaired) electrons. The van der Waals surface area contributed by atoms with Gasteiger partial charge in [0.05, 0.1) is 12.1 Å². The van der Waals surface area contributed by atoms with Crippen molar-refractivity contribution in [2.75, 3.05) is 5.75 Å². The lowest BCUT2D eigenvalue weighted by molar-refractivity contribution is -0.138. The Labute approximate surface area is 189 Å². The number of aliphatic carboxylic acids is 1. The largest absolute Gasteiger partial charge is 0.587 e. The number of nitrogens with one attached hydrogen (secondary N) is 2. The van der Waals surface area contributed by atoms with Crippen molar-refractivity contribution in [1.29, 1.82) is 0 Å². The molecule has 11 nitrogen and oxygen atoms in total. The van der Waals surface area contributed by atoms with Gasteiger partial charge in [0.15, 0.2) is 0 Å². The van der Waals surface area contributed by atoms with Gasteiger partial charge in [0.2, 0.25) is 0 Å². The van der Waals surface area contributed by atoms with Gasteiger partial charge < -0.3 is 30.5 Å². The number of nitrogens with two attached hydrogens (primary N) is 1. The van der Waals surface area contributed by atoms with Crippen LogP contribution < -0.4 is 20.9 Å². The Morgan fingerprint density at radius 1 is 1.25 bits per heavy atom. The Hall–Kier alpha value is -2.27. The standard InChI is InChI=1S/C19H26N3O8PS/c20-13(18(24)25)9-11-5-7-12(8-6-11)29-31(27,28)30-16(23)4-2-1-3-15-17-14(10-32-15)21-19(26)22-17/h5-8,13-15,17H,1-4,9-10,20H2,(H,24,25)(H,27,28)(H2,21,22,26)/t13-,14-,15-,17-/m0/s1. The maximum atomic E-state index is 12.1. The summed E-state index contributed by atoms with van der Waals surface area (Å²) in [6.07, 6.45) is 2.06. The van der Waals surface area contributed by atoms with Crippen LogP contribution in [0.25, 0.3) is 0 Å². The number of urea groups is 1. The molecule has 3 rings (SSSR count). The van der Waals surface area contributed by atoms with Gasteiger partial charge in [-0.2, -0.15) is 11.8 Å². The van der Waals surface area contributed by atoms with Crippen molar-refractivity contribution in [3.63, 3.8) is 0 Å². The van der Waals surface area contributed by atoms with Crippen LogP contribution in [0.2, 0.25) is 0 Å². The molecule has 176 valence electrons. The Bertz CT molecular complexity index is 899. The van der Waals surface area contributed by atoms with Crippen LogP contribution in [0, 0.1) is 0 Å². The summed E-state index contributed by atoms with van der Waals surface area (Å²) in [5.74, 6) is -1.12. The highest BCUT2D eigenvalue weighted by atomic mass is 32.2. The van der Waals surface area contributed by atoms with Gasteiger partial charge in [-0.1, -0.05) is 18.6 Å². The summed E-state index contributed by atoms with van der Waals surface area (Å²) in [5, 5.41) is 14.9. The number of carboxylic acid groups (broad SMARTS) is 1. The van der Waals surface area contributed by atoms with Crippen LogP contribution in [-0.2, 0) is 25.1 Å². The Balaban J connectivity index is 1.37. The number of rotatable bonds is 11. The molecule has 2 fully saturated rings. The molecule has 2 aliphatic rings. The van der Waals surface area contributed by atoms with Crippen molar-refractivity contribution in [2.45, 2.75) is 55.5 Å². The zero-order valence-corrected chi connectivity index (χ0v) is 18.8. The molecule has 32 heavy (non-hydrogen) atoms. The van der Waals surface area contributed by atoms with E-state index in [1.54, 1.807) is 11.8 Å². The summed E-state index contributed by atoms with van der Waals surface area (Å²) < 4.78 is 21.6. The van der Waals surface area contributed by atoms with Gasteiger partial charge in [-0.25, -0.2) is 9.36 Å². The Kier molecular flexibility index (Phi) is 8.05. The third kappa shape index (κ3) is 6.86. The smallest absolute Gasteiger partial charge is 0.480 e. The van der Waals surface area contributed by atoms with Gasteiger partial charge in [-0.05, 0) is 37.0 Å². The molecule has 2 aliphatic heterocycles. The molecular formula is C19H26N3O8PS. The minimum atomic E-state index is -4.65. The number of hydrogen-bond acceptors (Lipinski definition) is 8. The molecule has 2 saturated heterocycles. The quantitative estimate of drug-likeness (QED) is 0.174. The second kappa shape index (κ2) is 10.6. The molecule has 13 heteroatoms. The highest BCUT2D eigenvalue weighted by Gasteiger charge is 2.42. The number of carbonyl (C=O) groups excluding carboxylic acids is 2. The number of fused-ring (bicyclic) bond motifs is 1. The minimum Gasteiger partial charge on any atom is -0.480 e. The zero-order chi connectivity index (χ0) is 23.3. The number of unbranched alkanes of at least 4 members (excludes halogenated alkanes) is 1. The lowest BCUT2D eigenvalue weighted by Crippen LogP contribution is -2.36. The average Bonchev–Trinajstić information content (AvgIpc) is 3.25. The van der Waals surface area contributed by atoms with Crippen molar-refractivity contribution in [1.82, 2.24) is 10.6 Å². The molecule has 2 heterocycles. The highest BCUT2D eigenvalue weighted by Crippen LogP contribution is 2.44. The molecule has 5 atom stereocenters. The van der Waals surface area contributed by atoms with Crippen LogP contribution in [0.3, 0.4) is 0 Å². The van der Waals surface area contributed by atoms with Crippen molar-refractivity contribution < 1.29 is 38.0 Å².